The molecule has 202 valence electrons. The number of methoxy groups -OCH3 is 3. The van der Waals surface area contributed by atoms with E-state index in [1.807, 2.05) is 25.1 Å². The van der Waals surface area contributed by atoms with Crippen LogP contribution in [0.3, 0.4) is 0 Å². The molecule has 0 spiro atoms. The first-order valence-electron chi connectivity index (χ1n) is 12.9. The molecule has 2 atom stereocenters. The quantitative estimate of drug-likeness (QED) is 0.376. The summed E-state index contributed by atoms with van der Waals surface area (Å²) < 4.78 is 28.3. The van der Waals surface area contributed by atoms with Gasteiger partial charge in [0, 0.05) is 30.4 Å². The Morgan fingerprint density at radius 2 is 1.61 bits per heavy atom. The van der Waals surface area contributed by atoms with Crippen molar-refractivity contribution in [2.24, 2.45) is 0 Å². The first-order valence-corrected chi connectivity index (χ1v) is 12.9. The number of carbonyl (C=O) groups is 3. The lowest BCUT2D eigenvalue weighted by Crippen LogP contribution is -2.24. The van der Waals surface area contributed by atoms with Crippen molar-refractivity contribution in [1.29, 1.82) is 0 Å². The van der Waals surface area contributed by atoms with Gasteiger partial charge in [0.15, 0.2) is 0 Å². The number of ketones is 1. The number of Topliss-reactive ketones (excluding diaryl/α,β-unsaturated/α-hetero) is 1. The van der Waals surface area contributed by atoms with E-state index in [2.05, 4.69) is 0 Å². The molecule has 0 N–H and O–H groups in total. The first-order chi connectivity index (χ1) is 18.3. The van der Waals surface area contributed by atoms with Gasteiger partial charge in [-0.05, 0) is 61.9 Å². The van der Waals surface area contributed by atoms with Crippen LogP contribution in [-0.2, 0) is 14.3 Å². The van der Waals surface area contributed by atoms with E-state index in [0.29, 0.717) is 66.2 Å². The Balaban J connectivity index is 1.88. The normalized spacial score (nSPS) is 20.4. The molecule has 2 aromatic rings. The van der Waals surface area contributed by atoms with Crippen LogP contribution in [0.25, 0.3) is 6.08 Å². The Morgan fingerprint density at radius 3 is 2.29 bits per heavy atom. The maximum absolute atomic E-state index is 13.6. The molecule has 2 unspecified atom stereocenters. The van der Waals surface area contributed by atoms with E-state index in [4.69, 9.17) is 23.7 Å². The van der Waals surface area contributed by atoms with Crippen LogP contribution in [0.1, 0.15) is 84.8 Å². The van der Waals surface area contributed by atoms with Gasteiger partial charge in [0.2, 0.25) is 0 Å². The highest BCUT2D eigenvalue weighted by atomic mass is 16.5. The summed E-state index contributed by atoms with van der Waals surface area (Å²) in [5.74, 6) is 0.607. The Bertz CT molecular complexity index is 1220. The van der Waals surface area contributed by atoms with Gasteiger partial charge in [-0.3, -0.25) is 9.59 Å². The van der Waals surface area contributed by atoms with Gasteiger partial charge in [-0.15, -0.1) is 0 Å². The number of fused-ring (bicyclic) bond motifs is 2. The average molecular weight is 523 g/mol. The number of carbonyl (C=O) groups excluding carboxylic acids is 3. The summed E-state index contributed by atoms with van der Waals surface area (Å²) in [7, 11) is 4.61. The molecule has 4 rings (SSSR count). The molecule has 0 saturated carbocycles. The SMILES string of the molecule is COc1cc(OC)cc(C2CC(=O)Oc3cc4c(c(OC)c32)C(=O)OC(C)CCCC(=O)CCCC=C4)c1. The van der Waals surface area contributed by atoms with Gasteiger partial charge in [0.05, 0.1) is 33.9 Å². The number of ether oxygens (including phenoxy) is 5. The van der Waals surface area contributed by atoms with E-state index in [1.165, 1.54) is 7.11 Å². The number of allylic oxidation sites excluding steroid dienone is 1. The molecule has 0 amide bonds. The minimum atomic E-state index is -0.529. The minimum absolute atomic E-state index is 0.0494. The number of hydrogen-bond acceptors (Lipinski definition) is 8. The molecule has 0 fully saturated rings. The van der Waals surface area contributed by atoms with E-state index in [-0.39, 0.29) is 23.9 Å². The van der Waals surface area contributed by atoms with E-state index >= 15 is 0 Å². The van der Waals surface area contributed by atoms with Crippen LogP contribution in [0.4, 0.5) is 0 Å². The second-order valence-corrected chi connectivity index (χ2v) is 9.60. The van der Waals surface area contributed by atoms with Crippen LogP contribution < -0.4 is 18.9 Å². The second-order valence-electron chi connectivity index (χ2n) is 9.60. The Morgan fingerprint density at radius 1 is 0.895 bits per heavy atom. The van der Waals surface area contributed by atoms with Crippen LogP contribution >= 0.6 is 0 Å². The summed E-state index contributed by atoms with van der Waals surface area (Å²) in [4.78, 5) is 38.4. The maximum Gasteiger partial charge on any atom is 0.342 e. The highest BCUT2D eigenvalue weighted by Crippen LogP contribution is 2.48. The van der Waals surface area contributed by atoms with Crippen molar-refractivity contribution in [3.63, 3.8) is 0 Å². The first kappa shape index (κ1) is 27.2. The van der Waals surface area contributed by atoms with E-state index < -0.39 is 17.9 Å². The third-order valence-electron chi connectivity index (χ3n) is 6.94. The van der Waals surface area contributed by atoms with Crippen LogP contribution in [0.2, 0.25) is 0 Å². The fourth-order valence-electron chi connectivity index (χ4n) is 5.03. The number of benzene rings is 2. The molecule has 0 radical (unpaired) electrons. The zero-order valence-corrected chi connectivity index (χ0v) is 22.3. The monoisotopic (exact) mass is 522 g/mol. The van der Waals surface area contributed by atoms with E-state index in [0.717, 1.165) is 12.0 Å². The van der Waals surface area contributed by atoms with Gasteiger partial charge in [0.25, 0.3) is 0 Å². The lowest BCUT2D eigenvalue weighted by atomic mass is 9.83. The lowest BCUT2D eigenvalue weighted by Gasteiger charge is -2.29. The fourth-order valence-corrected chi connectivity index (χ4v) is 5.03. The average Bonchev–Trinajstić information content (AvgIpc) is 2.90. The standard InChI is InChI=1S/C30H34O8/c1-18-9-8-12-21(31)11-7-5-6-10-19-15-25-28(29(36-4)27(19)30(33)37-18)24(17-26(32)38-25)20-13-22(34-2)16-23(14-20)35-3/h6,10,13-16,18,24H,5,7-9,11-12,17H2,1-4H3. The molecule has 0 bridgehead atoms. The largest absolute Gasteiger partial charge is 0.497 e. The molecule has 38 heavy (non-hydrogen) atoms. The molecule has 2 aliphatic heterocycles. The predicted octanol–water partition coefficient (Wildman–Crippen LogP) is 5.64. The smallest absolute Gasteiger partial charge is 0.342 e. The molecule has 8 nitrogen and oxygen atoms in total. The number of esters is 2. The Hall–Kier alpha value is -3.81. The number of rotatable bonds is 4. The topological polar surface area (TPSA) is 97.4 Å². The van der Waals surface area contributed by atoms with Gasteiger partial charge >= 0.3 is 11.9 Å². The Labute approximate surface area is 222 Å². The van der Waals surface area contributed by atoms with Crippen molar-refractivity contribution in [3.05, 3.63) is 52.6 Å². The second kappa shape index (κ2) is 12.2. The van der Waals surface area contributed by atoms with Gasteiger partial charge in [-0.1, -0.05) is 12.2 Å². The van der Waals surface area contributed by atoms with Gasteiger partial charge in [-0.25, -0.2) is 4.79 Å². The van der Waals surface area contributed by atoms with Gasteiger partial charge in [0.1, 0.15) is 34.3 Å². The lowest BCUT2D eigenvalue weighted by molar-refractivity contribution is -0.135. The van der Waals surface area contributed by atoms with E-state index in [9.17, 15) is 14.4 Å². The fraction of sp³-hybridized carbons (Fsp3) is 0.433. The van der Waals surface area contributed by atoms with Crippen molar-refractivity contribution in [2.75, 3.05) is 21.3 Å². The van der Waals surface area contributed by atoms with Crippen molar-refractivity contribution in [3.8, 4) is 23.0 Å². The van der Waals surface area contributed by atoms with Crippen molar-refractivity contribution >= 4 is 23.8 Å². The zero-order chi connectivity index (χ0) is 27.2. The summed E-state index contributed by atoms with van der Waals surface area (Å²) in [6.45, 7) is 1.82. The molecule has 2 aromatic carbocycles. The molecule has 0 saturated heterocycles. The highest BCUT2D eigenvalue weighted by molar-refractivity contribution is 5.99. The van der Waals surface area contributed by atoms with Crippen molar-refractivity contribution in [2.45, 2.75) is 63.9 Å². The van der Waals surface area contributed by atoms with Crippen molar-refractivity contribution < 1.29 is 38.1 Å². The van der Waals surface area contributed by atoms with Crippen LogP contribution in [0, 0.1) is 0 Å². The van der Waals surface area contributed by atoms with Crippen molar-refractivity contribution in [1.82, 2.24) is 0 Å². The van der Waals surface area contributed by atoms with Crippen LogP contribution in [0.5, 0.6) is 23.0 Å². The summed E-state index contributed by atoms with van der Waals surface area (Å²) in [5.41, 5.74) is 2.16. The maximum atomic E-state index is 13.6. The third-order valence-corrected chi connectivity index (χ3v) is 6.94. The zero-order valence-electron chi connectivity index (χ0n) is 22.3. The van der Waals surface area contributed by atoms with E-state index in [1.54, 1.807) is 32.4 Å². The molecule has 2 heterocycles. The molecule has 0 aliphatic carbocycles. The summed E-state index contributed by atoms with van der Waals surface area (Å²) in [6.07, 6.45) is 7.01. The summed E-state index contributed by atoms with van der Waals surface area (Å²) in [5, 5.41) is 0. The summed E-state index contributed by atoms with van der Waals surface area (Å²) >= 11 is 0. The predicted molar refractivity (Wildman–Crippen MR) is 141 cm³/mol. The van der Waals surface area contributed by atoms with Gasteiger partial charge < -0.3 is 23.7 Å². The summed E-state index contributed by atoms with van der Waals surface area (Å²) in [6, 6.07) is 7.11. The third kappa shape index (κ3) is 6.01. The van der Waals surface area contributed by atoms with Crippen LogP contribution in [-0.4, -0.2) is 45.2 Å². The molecule has 8 heteroatoms. The molecular weight excluding hydrogens is 488 g/mol. The Kier molecular flexibility index (Phi) is 8.71. The van der Waals surface area contributed by atoms with Crippen LogP contribution in [0.15, 0.2) is 30.3 Å². The molecule has 0 aromatic heterocycles. The molecule has 2 aliphatic rings. The number of hydrogen-bond donors (Lipinski definition) is 0. The molecular formula is C30H34O8. The highest BCUT2D eigenvalue weighted by Gasteiger charge is 2.36. The number of cyclic esters (lactones) is 1. The van der Waals surface area contributed by atoms with Gasteiger partial charge in [-0.2, -0.15) is 0 Å². The minimum Gasteiger partial charge on any atom is -0.497 e.